The molecule has 0 amide bonds. The maximum Gasteiger partial charge on any atom is 0.119 e. The summed E-state index contributed by atoms with van der Waals surface area (Å²) in [4.78, 5) is 0. The monoisotopic (exact) mass is 233 g/mol. The average molecular weight is 233 g/mol. The lowest BCUT2D eigenvalue weighted by molar-refractivity contribution is 0.302. The molecule has 0 aromatic heterocycles. The third-order valence-electron chi connectivity index (χ3n) is 3.51. The molecular weight excluding hydrogens is 210 g/mol. The van der Waals surface area contributed by atoms with Crippen LogP contribution in [0.25, 0.3) is 0 Å². The van der Waals surface area contributed by atoms with Gasteiger partial charge in [0.2, 0.25) is 0 Å². The molecule has 0 saturated heterocycles. The van der Waals surface area contributed by atoms with Crippen molar-refractivity contribution < 1.29 is 4.74 Å². The van der Waals surface area contributed by atoms with Crippen LogP contribution in [-0.2, 0) is 0 Å². The van der Waals surface area contributed by atoms with Gasteiger partial charge < -0.3 is 10.1 Å². The van der Waals surface area contributed by atoms with Gasteiger partial charge in [-0.05, 0) is 43.5 Å². The molecule has 0 spiro atoms. The SMILES string of the molecule is CCC(NC)c1cccc(OCCC2CC2)c1. The van der Waals surface area contributed by atoms with Gasteiger partial charge in [0.1, 0.15) is 5.75 Å². The molecule has 1 fully saturated rings. The second kappa shape index (κ2) is 6.06. The Balaban J connectivity index is 1.89. The Hall–Kier alpha value is -1.02. The van der Waals surface area contributed by atoms with Crippen molar-refractivity contribution >= 4 is 0 Å². The van der Waals surface area contributed by atoms with Crippen LogP contribution >= 0.6 is 0 Å². The fourth-order valence-corrected chi connectivity index (χ4v) is 2.18. The molecule has 2 nitrogen and oxygen atoms in total. The molecule has 0 radical (unpaired) electrons. The van der Waals surface area contributed by atoms with Crippen molar-refractivity contribution in [2.45, 2.75) is 38.6 Å². The van der Waals surface area contributed by atoms with Gasteiger partial charge in [0.15, 0.2) is 0 Å². The second-order valence-electron chi connectivity index (χ2n) is 4.90. The number of rotatable bonds is 7. The zero-order valence-corrected chi connectivity index (χ0v) is 10.9. The zero-order chi connectivity index (χ0) is 12.1. The first kappa shape index (κ1) is 12.4. The van der Waals surface area contributed by atoms with Crippen LogP contribution < -0.4 is 10.1 Å². The zero-order valence-electron chi connectivity index (χ0n) is 10.9. The molecule has 2 rings (SSSR count). The van der Waals surface area contributed by atoms with E-state index in [4.69, 9.17) is 4.74 Å². The highest BCUT2D eigenvalue weighted by Crippen LogP contribution is 2.32. The number of benzene rings is 1. The maximum absolute atomic E-state index is 5.81. The van der Waals surface area contributed by atoms with Gasteiger partial charge in [0.05, 0.1) is 6.61 Å². The first-order valence-electron chi connectivity index (χ1n) is 6.73. The molecule has 0 aliphatic heterocycles. The van der Waals surface area contributed by atoms with Crippen molar-refractivity contribution in [3.8, 4) is 5.75 Å². The summed E-state index contributed by atoms with van der Waals surface area (Å²) in [7, 11) is 2.01. The van der Waals surface area contributed by atoms with E-state index in [0.29, 0.717) is 6.04 Å². The predicted molar refractivity (Wildman–Crippen MR) is 71.4 cm³/mol. The number of hydrogen-bond acceptors (Lipinski definition) is 2. The van der Waals surface area contributed by atoms with Crippen molar-refractivity contribution in [1.29, 1.82) is 0 Å². The lowest BCUT2D eigenvalue weighted by Gasteiger charge is -2.15. The molecular formula is C15H23NO. The Labute approximate surface area is 104 Å². The Morgan fingerprint density at radius 2 is 2.24 bits per heavy atom. The van der Waals surface area contributed by atoms with Gasteiger partial charge in [-0.1, -0.05) is 31.9 Å². The lowest BCUT2D eigenvalue weighted by Crippen LogP contribution is -2.15. The van der Waals surface area contributed by atoms with Gasteiger partial charge >= 0.3 is 0 Å². The largest absolute Gasteiger partial charge is 0.494 e. The molecule has 1 aliphatic rings. The Morgan fingerprint density at radius 3 is 2.88 bits per heavy atom. The van der Waals surface area contributed by atoms with Crippen LogP contribution in [0.4, 0.5) is 0 Å². The molecule has 17 heavy (non-hydrogen) atoms. The molecule has 1 saturated carbocycles. The standard InChI is InChI=1S/C15H23NO/c1-3-15(16-2)13-5-4-6-14(11-13)17-10-9-12-7-8-12/h4-6,11-12,15-16H,3,7-10H2,1-2H3. The minimum Gasteiger partial charge on any atom is -0.494 e. The van der Waals surface area contributed by atoms with Crippen LogP contribution in [-0.4, -0.2) is 13.7 Å². The summed E-state index contributed by atoms with van der Waals surface area (Å²) in [5.41, 5.74) is 1.32. The molecule has 1 unspecified atom stereocenters. The number of hydrogen-bond donors (Lipinski definition) is 1. The molecule has 0 bridgehead atoms. The third-order valence-corrected chi connectivity index (χ3v) is 3.51. The molecule has 2 heteroatoms. The van der Waals surface area contributed by atoms with Crippen LogP contribution in [0.15, 0.2) is 24.3 Å². The van der Waals surface area contributed by atoms with Crippen LogP contribution in [0.5, 0.6) is 5.75 Å². The summed E-state index contributed by atoms with van der Waals surface area (Å²) in [6, 6.07) is 8.90. The van der Waals surface area contributed by atoms with Crippen molar-refractivity contribution in [3.05, 3.63) is 29.8 Å². The average Bonchev–Trinajstić information content (AvgIpc) is 3.15. The summed E-state index contributed by atoms with van der Waals surface area (Å²) in [5, 5.41) is 3.32. The van der Waals surface area contributed by atoms with E-state index in [2.05, 4.69) is 36.5 Å². The van der Waals surface area contributed by atoms with E-state index in [1.807, 2.05) is 7.05 Å². The first-order valence-corrected chi connectivity index (χ1v) is 6.73. The van der Waals surface area contributed by atoms with Gasteiger partial charge in [-0.15, -0.1) is 0 Å². The Morgan fingerprint density at radius 1 is 1.41 bits per heavy atom. The fourth-order valence-electron chi connectivity index (χ4n) is 2.18. The van der Waals surface area contributed by atoms with Crippen molar-refractivity contribution in [2.75, 3.05) is 13.7 Å². The van der Waals surface area contributed by atoms with E-state index in [1.54, 1.807) is 0 Å². The minimum atomic E-state index is 0.432. The Kier molecular flexibility index (Phi) is 4.43. The molecule has 94 valence electrons. The van der Waals surface area contributed by atoms with Gasteiger partial charge in [0.25, 0.3) is 0 Å². The summed E-state index contributed by atoms with van der Waals surface area (Å²) in [6.45, 7) is 3.06. The van der Waals surface area contributed by atoms with E-state index < -0.39 is 0 Å². The van der Waals surface area contributed by atoms with E-state index in [0.717, 1.165) is 24.7 Å². The van der Waals surface area contributed by atoms with Gasteiger partial charge in [0, 0.05) is 6.04 Å². The molecule has 1 atom stereocenters. The highest BCUT2D eigenvalue weighted by atomic mass is 16.5. The summed E-state index contributed by atoms with van der Waals surface area (Å²) < 4.78 is 5.81. The van der Waals surface area contributed by atoms with Crippen LogP contribution in [0, 0.1) is 5.92 Å². The summed E-state index contributed by atoms with van der Waals surface area (Å²) in [5.74, 6) is 1.95. The first-order chi connectivity index (χ1) is 8.33. The van der Waals surface area contributed by atoms with Crippen LogP contribution in [0.2, 0.25) is 0 Å². The summed E-state index contributed by atoms with van der Waals surface area (Å²) in [6.07, 6.45) is 5.12. The highest BCUT2D eigenvalue weighted by molar-refractivity contribution is 5.30. The van der Waals surface area contributed by atoms with Crippen LogP contribution in [0.1, 0.15) is 44.2 Å². The van der Waals surface area contributed by atoms with Crippen molar-refractivity contribution in [3.63, 3.8) is 0 Å². The molecule has 1 aliphatic carbocycles. The number of ether oxygens (including phenoxy) is 1. The van der Waals surface area contributed by atoms with E-state index in [9.17, 15) is 0 Å². The van der Waals surface area contributed by atoms with Gasteiger partial charge in [-0.3, -0.25) is 0 Å². The molecule has 1 N–H and O–H groups in total. The summed E-state index contributed by atoms with van der Waals surface area (Å²) >= 11 is 0. The molecule has 1 aromatic carbocycles. The van der Waals surface area contributed by atoms with Gasteiger partial charge in [-0.2, -0.15) is 0 Å². The normalized spacial score (nSPS) is 16.8. The topological polar surface area (TPSA) is 21.3 Å². The predicted octanol–water partition coefficient (Wildman–Crippen LogP) is 3.54. The third kappa shape index (κ3) is 3.74. The Bertz CT molecular complexity index is 343. The van der Waals surface area contributed by atoms with E-state index >= 15 is 0 Å². The fraction of sp³-hybridized carbons (Fsp3) is 0.600. The van der Waals surface area contributed by atoms with E-state index in [-0.39, 0.29) is 0 Å². The minimum absolute atomic E-state index is 0.432. The van der Waals surface area contributed by atoms with Crippen LogP contribution in [0.3, 0.4) is 0 Å². The molecule has 1 aromatic rings. The van der Waals surface area contributed by atoms with Crippen molar-refractivity contribution in [2.24, 2.45) is 5.92 Å². The van der Waals surface area contributed by atoms with E-state index in [1.165, 1.54) is 24.8 Å². The smallest absolute Gasteiger partial charge is 0.119 e. The quantitative estimate of drug-likeness (QED) is 0.778. The maximum atomic E-state index is 5.81. The molecule has 0 heterocycles. The highest BCUT2D eigenvalue weighted by Gasteiger charge is 2.20. The van der Waals surface area contributed by atoms with Crippen molar-refractivity contribution in [1.82, 2.24) is 5.32 Å². The van der Waals surface area contributed by atoms with Gasteiger partial charge in [-0.25, -0.2) is 0 Å². The lowest BCUT2D eigenvalue weighted by atomic mass is 10.0. The second-order valence-corrected chi connectivity index (χ2v) is 4.90. The number of nitrogens with one attached hydrogen (secondary N) is 1.